The van der Waals surface area contributed by atoms with Gasteiger partial charge in [-0.2, -0.15) is 0 Å². The summed E-state index contributed by atoms with van der Waals surface area (Å²) in [7, 11) is 0. The first kappa shape index (κ1) is 21.8. The number of benzene rings is 2. The molecular weight excluding hydrogens is 406 g/mol. The molecule has 0 radical (unpaired) electrons. The summed E-state index contributed by atoms with van der Waals surface area (Å²) in [6.07, 6.45) is 2.16. The van der Waals surface area contributed by atoms with Gasteiger partial charge in [-0.3, -0.25) is 14.5 Å². The second-order valence-electron chi connectivity index (χ2n) is 8.25. The van der Waals surface area contributed by atoms with E-state index in [-0.39, 0.29) is 17.5 Å². The zero-order valence-electron chi connectivity index (χ0n) is 18.1. The Morgan fingerprint density at radius 2 is 1.72 bits per heavy atom. The minimum atomic E-state index is -0.730. The second kappa shape index (κ2) is 9.78. The number of rotatable bonds is 9. The Morgan fingerprint density at radius 1 is 1.06 bits per heavy atom. The van der Waals surface area contributed by atoms with Crippen molar-refractivity contribution < 1.29 is 19.2 Å². The van der Waals surface area contributed by atoms with Crippen LogP contribution in [-0.2, 0) is 24.3 Å². The molecule has 2 aromatic carbocycles. The molecule has 1 aliphatic heterocycles. The molecule has 0 atom stereocenters. The number of carboxylic acids is 1. The fourth-order valence-electron chi connectivity index (χ4n) is 3.79. The lowest BCUT2D eigenvalue weighted by Crippen LogP contribution is -2.49. The third-order valence-electron chi connectivity index (χ3n) is 5.71. The van der Waals surface area contributed by atoms with Crippen LogP contribution in [0.1, 0.15) is 40.5 Å². The maximum Gasteiger partial charge on any atom is 0.309 e. The van der Waals surface area contributed by atoms with Gasteiger partial charge in [0.1, 0.15) is 0 Å². The van der Waals surface area contributed by atoms with Crippen molar-refractivity contribution in [3.05, 3.63) is 77.0 Å². The molecule has 1 saturated heterocycles. The Hall–Kier alpha value is -3.45. The summed E-state index contributed by atoms with van der Waals surface area (Å²) in [5.74, 6) is -0.736. The largest absolute Gasteiger partial charge is 0.481 e. The molecule has 0 saturated carbocycles. The van der Waals surface area contributed by atoms with Gasteiger partial charge in [-0.05, 0) is 23.1 Å². The number of carboxylic acid groups (broad SMARTS) is 1. The molecule has 0 spiro atoms. The van der Waals surface area contributed by atoms with Crippen LogP contribution >= 0.6 is 0 Å². The van der Waals surface area contributed by atoms with E-state index >= 15 is 0 Å². The molecular formula is C25H27N3O4. The minimum Gasteiger partial charge on any atom is -0.481 e. The van der Waals surface area contributed by atoms with E-state index in [2.05, 4.69) is 34.4 Å². The van der Waals surface area contributed by atoms with E-state index in [9.17, 15) is 9.59 Å². The van der Waals surface area contributed by atoms with Crippen molar-refractivity contribution >= 4 is 11.9 Å². The first-order chi connectivity index (χ1) is 15.5. The van der Waals surface area contributed by atoms with Gasteiger partial charge in [-0.15, -0.1) is 0 Å². The molecule has 1 aliphatic rings. The molecule has 3 aromatic rings. The predicted octanol–water partition coefficient (Wildman–Crippen LogP) is 3.74. The van der Waals surface area contributed by atoms with Crippen LogP contribution in [0, 0.1) is 5.92 Å². The number of carbonyl (C=O) groups excluding carboxylic acids is 1. The van der Waals surface area contributed by atoms with Crippen molar-refractivity contribution in [1.82, 2.24) is 15.4 Å². The fraction of sp³-hybridized carbons (Fsp3) is 0.320. The van der Waals surface area contributed by atoms with Crippen LogP contribution < -0.4 is 5.32 Å². The molecule has 166 valence electrons. The first-order valence-electron chi connectivity index (χ1n) is 10.9. The summed E-state index contributed by atoms with van der Waals surface area (Å²) >= 11 is 0. The first-order valence-corrected chi connectivity index (χ1v) is 10.9. The Labute approximate surface area is 187 Å². The topological polar surface area (TPSA) is 95.7 Å². The lowest BCUT2D eigenvalue weighted by Gasteiger charge is -2.36. The van der Waals surface area contributed by atoms with E-state index in [0.717, 1.165) is 29.5 Å². The summed E-state index contributed by atoms with van der Waals surface area (Å²) in [6.45, 7) is 4.47. The summed E-state index contributed by atoms with van der Waals surface area (Å²) < 4.78 is 5.37. The summed E-state index contributed by atoms with van der Waals surface area (Å²) in [5.41, 5.74) is 4.50. The normalized spacial score (nSPS) is 14.2. The van der Waals surface area contributed by atoms with Crippen LogP contribution in [0.2, 0.25) is 0 Å². The highest BCUT2D eigenvalue weighted by Gasteiger charge is 2.32. The highest BCUT2D eigenvalue weighted by atomic mass is 16.5. The smallest absolute Gasteiger partial charge is 0.309 e. The average Bonchev–Trinajstić information content (AvgIpc) is 3.26. The molecule has 0 unspecified atom stereocenters. The summed E-state index contributed by atoms with van der Waals surface area (Å²) in [5, 5.41) is 15.8. The molecule has 2 N–H and O–H groups in total. The maximum atomic E-state index is 12.4. The summed E-state index contributed by atoms with van der Waals surface area (Å²) in [4.78, 5) is 25.4. The molecule has 1 amide bonds. The van der Waals surface area contributed by atoms with Crippen molar-refractivity contribution in [3.8, 4) is 11.3 Å². The van der Waals surface area contributed by atoms with E-state index in [4.69, 9.17) is 9.63 Å². The standard InChI is InChI=1S/C25H27N3O4/c1-2-3-17-4-6-18(7-5-17)13-26-24(29)22-12-23(32-27-22)20-10-8-19(9-11-20)14-28-15-21(16-28)25(30)31/h4-12,21H,2-3,13-16H2,1H3,(H,26,29)(H,30,31). The highest BCUT2D eigenvalue weighted by molar-refractivity contribution is 5.93. The number of amides is 1. The zero-order chi connectivity index (χ0) is 22.5. The van der Waals surface area contributed by atoms with Crippen LogP contribution in [-0.4, -0.2) is 40.1 Å². The summed E-state index contributed by atoms with van der Waals surface area (Å²) in [6, 6.07) is 17.7. The van der Waals surface area contributed by atoms with Crippen molar-refractivity contribution in [2.24, 2.45) is 5.92 Å². The van der Waals surface area contributed by atoms with Crippen molar-refractivity contribution in [2.45, 2.75) is 32.9 Å². The number of carbonyl (C=O) groups is 2. The van der Waals surface area contributed by atoms with Gasteiger partial charge in [0.25, 0.3) is 5.91 Å². The maximum absolute atomic E-state index is 12.4. The number of likely N-dealkylation sites (tertiary alicyclic amines) is 1. The molecule has 32 heavy (non-hydrogen) atoms. The van der Waals surface area contributed by atoms with Gasteiger partial charge in [0, 0.05) is 37.8 Å². The molecule has 0 bridgehead atoms. The lowest BCUT2D eigenvalue weighted by molar-refractivity contribution is -0.147. The van der Waals surface area contributed by atoms with E-state index in [1.165, 1.54) is 5.56 Å². The number of aliphatic carboxylic acids is 1. The molecule has 1 fully saturated rings. The highest BCUT2D eigenvalue weighted by Crippen LogP contribution is 2.23. The quantitative estimate of drug-likeness (QED) is 0.534. The average molecular weight is 434 g/mol. The van der Waals surface area contributed by atoms with E-state index in [1.807, 2.05) is 36.4 Å². The van der Waals surface area contributed by atoms with Crippen LogP contribution in [0.5, 0.6) is 0 Å². The van der Waals surface area contributed by atoms with Gasteiger partial charge in [0.05, 0.1) is 5.92 Å². The number of hydrogen-bond donors (Lipinski definition) is 2. The Bertz CT molecular complexity index is 1070. The van der Waals surface area contributed by atoms with Gasteiger partial charge < -0.3 is 14.9 Å². The van der Waals surface area contributed by atoms with Crippen LogP contribution in [0.3, 0.4) is 0 Å². The van der Waals surface area contributed by atoms with Gasteiger partial charge >= 0.3 is 5.97 Å². The lowest BCUT2D eigenvalue weighted by atomic mass is 9.99. The third kappa shape index (κ3) is 5.23. The van der Waals surface area contributed by atoms with E-state index in [1.54, 1.807) is 6.07 Å². The second-order valence-corrected chi connectivity index (χ2v) is 8.25. The molecule has 1 aromatic heterocycles. The molecule has 4 rings (SSSR count). The minimum absolute atomic E-state index is 0.243. The molecule has 2 heterocycles. The van der Waals surface area contributed by atoms with E-state index < -0.39 is 5.97 Å². The fourth-order valence-corrected chi connectivity index (χ4v) is 3.79. The van der Waals surface area contributed by atoms with Crippen molar-refractivity contribution in [3.63, 3.8) is 0 Å². The number of nitrogens with one attached hydrogen (secondary N) is 1. The van der Waals surface area contributed by atoms with Gasteiger partial charge in [0.15, 0.2) is 11.5 Å². The third-order valence-corrected chi connectivity index (χ3v) is 5.71. The van der Waals surface area contributed by atoms with Gasteiger partial charge in [-0.25, -0.2) is 0 Å². The van der Waals surface area contributed by atoms with Crippen LogP contribution in [0.15, 0.2) is 59.1 Å². The number of hydrogen-bond acceptors (Lipinski definition) is 5. The molecule has 7 nitrogen and oxygen atoms in total. The number of nitrogens with zero attached hydrogens (tertiary/aromatic N) is 2. The van der Waals surface area contributed by atoms with Crippen LogP contribution in [0.25, 0.3) is 11.3 Å². The monoisotopic (exact) mass is 433 g/mol. The number of aromatic nitrogens is 1. The van der Waals surface area contributed by atoms with E-state index in [0.29, 0.717) is 31.9 Å². The predicted molar refractivity (Wildman–Crippen MR) is 120 cm³/mol. The zero-order valence-corrected chi connectivity index (χ0v) is 18.1. The van der Waals surface area contributed by atoms with Gasteiger partial charge in [-0.1, -0.05) is 67.0 Å². The number of aryl methyl sites for hydroxylation is 1. The van der Waals surface area contributed by atoms with Crippen molar-refractivity contribution in [2.75, 3.05) is 13.1 Å². The Kier molecular flexibility index (Phi) is 6.66. The SMILES string of the molecule is CCCc1ccc(CNC(=O)c2cc(-c3ccc(CN4CC(C(=O)O)C4)cc3)on2)cc1. The molecule has 0 aliphatic carbocycles. The Morgan fingerprint density at radius 3 is 2.38 bits per heavy atom. The Balaban J connectivity index is 1.30. The van der Waals surface area contributed by atoms with Crippen molar-refractivity contribution in [1.29, 1.82) is 0 Å². The van der Waals surface area contributed by atoms with Gasteiger partial charge in [0.2, 0.25) is 0 Å². The molecule has 7 heteroatoms. The van der Waals surface area contributed by atoms with Crippen LogP contribution in [0.4, 0.5) is 0 Å².